The number of rotatable bonds is 63. The van der Waals surface area contributed by atoms with Gasteiger partial charge in [0.05, 0.1) is 85.4 Å². The van der Waals surface area contributed by atoms with E-state index in [1.54, 1.807) is 60.8 Å². The van der Waals surface area contributed by atoms with E-state index in [1.165, 1.54) is 0 Å². The highest BCUT2D eigenvalue weighted by molar-refractivity contribution is 7.62. The number of hydrogen-bond acceptors (Lipinski definition) is 21. The van der Waals surface area contributed by atoms with E-state index in [0.29, 0.717) is 97.2 Å². The van der Waals surface area contributed by atoms with Crippen LogP contribution in [0.1, 0.15) is 139 Å². The standard InChI is InChI=1S/C21H38F3N2O4P.C20H33BO9P2.C20H36F3N2O3P.C15H24O3/c1-7-8-9-10-13-28-15-19(30-31(6)26(17(2)3)18(4)5)16-29-14-11-12-25-20(27)21(22,23)24;1-5-8-10-12-14-26-31(22,24-4)30-32(23,27-15-13-11-9-6-2)28-17-19-18(25-7-3)16-20(21)29-19;1-6-7-8-12-15-27-29(25(17(2)3)18(4)5)28-16-13-10-9-11-14-24-19(26)20(21,22)23;1-3-5-7-9-11-17-13-15(16)14-18-12-10-8-6-4-2/h7-9,17-19H,1,10-16H2,2-6H3,(H,25,27);5-6,8-11,18-20H,1-2,7,12-17H2,3-4H3;6-8,17-18H,1,9-16H2,2-5H3,(H,24,26);3-8,15-16H,1-2,9-14H2/b9-8+;10-8+,11-9+;8-7-;7-5+,8-6+/t;18-,19-,20-,31?,32?;;/m.1../s1. The minimum Gasteiger partial charge on any atom is -0.388 e. The molecule has 34 heteroatoms. The van der Waals surface area contributed by atoms with Gasteiger partial charge in [-0.15, -0.1) is 0 Å². The lowest BCUT2D eigenvalue weighted by atomic mass is 9.96. The normalized spacial score (nSPS) is 16.9. The van der Waals surface area contributed by atoms with Gasteiger partial charge in [0.25, 0.3) is 8.53 Å². The zero-order chi connectivity index (χ0) is 83.5. The summed E-state index contributed by atoms with van der Waals surface area (Å²) in [5, 5.41) is 13.2. The maximum absolute atomic E-state index is 13.3. The summed E-state index contributed by atoms with van der Waals surface area (Å²) in [5.74, 6) is -3.82. The first-order chi connectivity index (χ1) is 52.2. The molecule has 0 aromatic carbocycles. The molecule has 0 aromatic rings. The quantitative estimate of drug-likeness (QED) is 0.0168. The molecule has 0 bridgehead atoms. The highest BCUT2D eigenvalue weighted by Gasteiger charge is 2.43. The van der Waals surface area contributed by atoms with E-state index in [9.17, 15) is 50.2 Å². The van der Waals surface area contributed by atoms with E-state index in [0.717, 1.165) is 52.1 Å². The Morgan fingerprint density at radius 3 is 1.36 bits per heavy atom. The van der Waals surface area contributed by atoms with Gasteiger partial charge in [0, 0.05) is 63.6 Å². The van der Waals surface area contributed by atoms with Gasteiger partial charge in [0.1, 0.15) is 34.5 Å². The third kappa shape index (κ3) is 62.5. The number of halogens is 6. The van der Waals surface area contributed by atoms with Crippen molar-refractivity contribution in [3.63, 3.8) is 0 Å². The molecule has 1 heterocycles. The van der Waals surface area contributed by atoms with E-state index in [2.05, 4.69) is 104 Å². The summed E-state index contributed by atoms with van der Waals surface area (Å²) < 4.78 is 181. The number of hydrogen-bond donors (Lipinski definition) is 3. The van der Waals surface area contributed by atoms with E-state index in [-0.39, 0.29) is 76.8 Å². The van der Waals surface area contributed by atoms with Gasteiger partial charge in [-0.3, -0.25) is 32.4 Å². The molecule has 2 radical (unpaired) electrons. The second-order valence-electron chi connectivity index (χ2n) is 24.7. The predicted molar refractivity (Wildman–Crippen MR) is 431 cm³/mol. The monoisotopic (exact) mass is 1650 g/mol. The first-order valence-electron chi connectivity index (χ1n) is 37.0. The smallest absolute Gasteiger partial charge is 0.388 e. The Labute approximate surface area is 658 Å². The molecule has 3 N–H and O–H groups in total. The summed E-state index contributed by atoms with van der Waals surface area (Å²) in [6, 6.07) is 0.659. The molecule has 23 nitrogen and oxygen atoms in total. The van der Waals surface area contributed by atoms with Crippen LogP contribution in [0.25, 0.3) is 0 Å². The second kappa shape index (κ2) is 70.5. The summed E-state index contributed by atoms with van der Waals surface area (Å²) in [6.45, 7) is 46.7. The third-order valence-corrected chi connectivity index (χ3v) is 21.7. The van der Waals surface area contributed by atoms with E-state index < -0.39 is 74.8 Å². The summed E-state index contributed by atoms with van der Waals surface area (Å²) in [7, 11) is -3.73. The molecule has 110 heavy (non-hydrogen) atoms. The molecular formula is C76H131BF6N4O19P4. The average Bonchev–Trinajstić information content (AvgIpc) is 0.855. The molecular weight excluding hydrogens is 1520 g/mol. The fourth-order valence-electron chi connectivity index (χ4n) is 9.23. The number of aliphatic hydroxyl groups is 1. The van der Waals surface area contributed by atoms with Crippen molar-refractivity contribution in [2.45, 2.75) is 206 Å². The first-order valence-corrected chi connectivity index (χ1v) is 42.7. The molecule has 1 aliphatic rings. The fourth-order valence-corrected chi connectivity index (χ4v) is 15.8. The van der Waals surface area contributed by atoms with Crippen LogP contribution in [0.3, 0.4) is 0 Å². The van der Waals surface area contributed by atoms with Gasteiger partial charge in [-0.1, -0.05) is 162 Å². The highest BCUT2D eigenvalue weighted by atomic mass is 31.3. The average molecular weight is 1650 g/mol. The topological polar surface area (TPSA) is 248 Å². The largest absolute Gasteiger partial charge is 0.483 e. The lowest BCUT2D eigenvalue weighted by Gasteiger charge is -2.37. The van der Waals surface area contributed by atoms with Crippen LogP contribution >= 0.6 is 32.5 Å². The van der Waals surface area contributed by atoms with Crippen molar-refractivity contribution in [3.05, 3.63) is 149 Å². The van der Waals surface area contributed by atoms with Crippen LogP contribution in [0.2, 0.25) is 0 Å². The van der Waals surface area contributed by atoms with Gasteiger partial charge >= 0.3 is 39.8 Å². The van der Waals surface area contributed by atoms with Crippen molar-refractivity contribution in [3.8, 4) is 0 Å². The molecule has 5 unspecified atom stereocenters. The number of alkyl halides is 6. The first kappa shape index (κ1) is 110. The summed E-state index contributed by atoms with van der Waals surface area (Å²) >= 11 is 0. The maximum Gasteiger partial charge on any atom is 0.483 e. The fraction of sp³-hybridized carbons (Fsp3) is 0.658. The Hall–Kier alpha value is -3.90. The van der Waals surface area contributed by atoms with Crippen LogP contribution in [0.4, 0.5) is 26.3 Å². The maximum atomic E-state index is 13.3. The van der Waals surface area contributed by atoms with Crippen molar-refractivity contribution in [1.29, 1.82) is 0 Å². The third-order valence-electron chi connectivity index (χ3n) is 13.9. The van der Waals surface area contributed by atoms with Gasteiger partial charge in [0.2, 0.25) is 0 Å². The molecule has 1 saturated heterocycles. The summed E-state index contributed by atoms with van der Waals surface area (Å²) in [5.41, 5.74) is 0. The van der Waals surface area contributed by atoms with Gasteiger partial charge in [0.15, 0.2) is 0 Å². The number of phosphoric acid groups is 2. The minimum atomic E-state index is -4.87. The van der Waals surface area contributed by atoms with Crippen LogP contribution < -0.4 is 10.6 Å². The molecule has 0 aromatic heterocycles. The molecule has 634 valence electrons. The van der Waals surface area contributed by atoms with E-state index >= 15 is 0 Å². The number of nitrogens with zero attached hydrogens (tertiary/aromatic N) is 2. The number of allylic oxidation sites excluding steroid dienone is 12. The van der Waals surface area contributed by atoms with Crippen molar-refractivity contribution in [2.75, 3.05) is 119 Å². The number of aliphatic hydroxyl groups excluding tert-OH is 1. The van der Waals surface area contributed by atoms with Crippen molar-refractivity contribution < 1.29 is 115 Å². The number of unbranched alkanes of at least 4 members (excludes halogenated alkanes) is 3. The zero-order valence-corrected chi connectivity index (χ0v) is 70.5. The number of nitrogens with one attached hydrogen (secondary N) is 2. The molecule has 2 amide bonds. The van der Waals surface area contributed by atoms with E-state index in [4.69, 9.17) is 72.2 Å². The molecule has 1 aliphatic heterocycles. The van der Waals surface area contributed by atoms with Gasteiger partial charge in [-0.25, -0.2) is 13.8 Å². The van der Waals surface area contributed by atoms with Gasteiger partial charge in [-0.2, -0.15) is 30.7 Å². The second-order valence-corrected chi connectivity index (χ2v) is 31.4. The number of carbonyl (C=O) groups is 2. The number of carbonyl (C=O) groups excluding carboxylic acids is 2. The Bertz CT molecular complexity index is 2640. The number of phosphoric ester groups is 2. The predicted octanol–water partition coefficient (Wildman–Crippen LogP) is 17.9. The van der Waals surface area contributed by atoms with Crippen molar-refractivity contribution in [1.82, 2.24) is 20.0 Å². The highest BCUT2D eigenvalue weighted by Crippen LogP contribution is 2.66. The SMILES string of the molecule is C=C/C=C/CCOCC(COCCCNC(=O)C(F)(F)F)OP(C)N(C(C)C)C(C)C.C=C/C=C/CCOCC(O)COCC/C=C/C=C.C=C/C=C\CCOP(OCCCCCCNC(=O)C(F)(F)F)N(C(C)C)C(C)C.[B][C@H]1C[C@@H](OCC)[C@@H](COP(=O)(OCC/C=C/C=C)OP(=O)(OC)OCC/C=C/C=C)O1. The van der Waals surface area contributed by atoms with Gasteiger partial charge in [-0.05, 0) is 133 Å². The van der Waals surface area contributed by atoms with Crippen LogP contribution in [-0.4, -0.2) is 220 Å². The van der Waals surface area contributed by atoms with Crippen LogP contribution in [-0.2, 0) is 83.1 Å². The van der Waals surface area contributed by atoms with Crippen molar-refractivity contribution >= 4 is 52.1 Å². The van der Waals surface area contributed by atoms with Crippen LogP contribution in [0.15, 0.2) is 149 Å². The number of amides is 2. The number of ether oxygens (including phenoxy) is 6. The summed E-state index contributed by atoms with van der Waals surface area (Å²) in [6.07, 6.45) is 28.4. The van der Waals surface area contributed by atoms with E-state index in [1.807, 2.05) is 72.8 Å². The summed E-state index contributed by atoms with van der Waals surface area (Å²) in [4.78, 5) is 21.5. The molecule has 1 rings (SSSR count). The molecule has 0 spiro atoms. The Morgan fingerprint density at radius 1 is 0.555 bits per heavy atom. The molecule has 8 atom stereocenters. The van der Waals surface area contributed by atoms with Gasteiger partial charge < -0.3 is 57.7 Å². The molecule has 1 fully saturated rings. The minimum absolute atomic E-state index is 0.00939. The van der Waals surface area contributed by atoms with Crippen molar-refractivity contribution in [2.24, 2.45) is 0 Å². The Kier molecular flexibility index (Phi) is 70.7. The molecule has 0 aliphatic carbocycles. The Morgan fingerprint density at radius 2 is 0.945 bits per heavy atom. The lowest BCUT2D eigenvalue weighted by Crippen LogP contribution is -2.37. The molecule has 0 saturated carbocycles. The van der Waals surface area contributed by atoms with Crippen LogP contribution in [0.5, 0.6) is 0 Å². The zero-order valence-electron chi connectivity index (χ0n) is 67.0. The van der Waals surface area contributed by atoms with Crippen LogP contribution in [0, 0.1) is 0 Å². The lowest BCUT2D eigenvalue weighted by molar-refractivity contribution is -0.173. The Balaban J connectivity index is -0.00000141.